The van der Waals surface area contributed by atoms with E-state index in [0.29, 0.717) is 10.0 Å². The highest BCUT2D eigenvalue weighted by Gasteiger charge is 2.37. The van der Waals surface area contributed by atoms with E-state index in [4.69, 9.17) is 0 Å². The van der Waals surface area contributed by atoms with Crippen molar-refractivity contribution in [3.63, 3.8) is 0 Å². The zero-order valence-electron chi connectivity index (χ0n) is 11.0. The van der Waals surface area contributed by atoms with Crippen molar-refractivity contribution in [3.05, 3.63) is 34.3 Å². The number of carbonyl (C=O) groups is 2. The highest BCUT2D eigenvalue weighted by Crippen LogP contribution is 2.30. The molecule has 1 fully saturated rings. The molecule has 0 aromatic heterocycles. The lowest BCUT2D eigenvalue weighted by Crippen LogP contribution is -2.57. The molecule has 3 N–H and O–H groups in total. The van der Waals surface area contributed by atoms with Gasteiger partial charge < -0.3 is 15.7 Å². The van der Waals surface area contributed by atoms with Crippen LogP contribution in [0.3, 0.4) is 0 Å². The van der Waals surface area contributed by atoms with E-state index in [9.17, 15) is 14.7 Å². The third kappa shape index (κ3) is 3.37. The molecule has 1 saturated carbocycles. The van der Waals surface area contributed by atoms with Gasteiger partial charge in [-0.15, -0.1) is 0 Å². The van der Waals surface area contributed by atoms with Crippen molar-refractivity contribution in [2.45, 2.75) is 24.8 Å². The first-order chi connectivity index (χ1) is 9.56. The fourth-order valence-electron chi connectivity index (χ4n) is 2.17. The average molecular weight is 341 g/mol. The number of nitrogens with one attached hydrogen (secondary N) is 2. The van der Waals surface area contributed by atoms with Crippen LogP contribution < -0.4 is 10.6 Å². The molecule has 0 unspecified atom stereocenters. The van der Waals surface area contributed by atoms with Gasteiger partial charge in [-0.05, 0) is 47.3 Å². The topological polar surface area (TPSA) is 78.4 Å². The number of benzene rings is 1. The van der Waals surface area contributed by atoms with Gasteiger partial charge in [-0.25, -0.2) is 0 Å². The summed E-state index contributed by atoms with van der Waals surface area (Å²) in [5.41, 5.74) is 0.00982. The van der Waals surface area contributed by atoms with Crippen molar-refractivity contribution in [2.75, 3.05) is 13.2 Å². The first-order valence-corrected chi connectivity index (χ1v) is 7.30. The zero-order valence-corrected chi connectivity index (χ0v) is 12.6. The van der Waals surface area contributed by atoms with Gasteiger partial charge in [-0.3, -0.25) is 9.59 Å². The van der Waals surface area contributed by atoms with Crippen molar-refractivity contribution >= 4 is 27.7 Å². The van der Waals surface area contributed by atoms with E-state index < -0.39 is 5.54 Å². The minimum atomic E-state index is -0.477. The van der Waals surface area contributed by atoms with Gasteiger partial charge in [0.25, 0.3) is 5.91 Å². The van der Waals surface area contributed by atoms with Crippen LogP contribution in [0.25, 0.3) is 0 Å². The van der Waals surface area contributed by atoms with Crippen molar-refractivity contribution in [1.29, 1.82) is 0 Å². The molecule has 1 aliphatic rings. The van der Waals surface area contributed by atoms with Crippen LogP contribution in [-0.4, -0.2) is 35.6 Å². The van der Waals surface area contributed by atoms with Crippen LogP contribution in [0.15, 0.2) is 28.7 Å². The normalized spacial score (nSPS) is 16.1. The van der Waals surface area contributed by atoms with Crippen molar-refractivity contribution < 1.29 is 14.7 Å². The Morgan fingerprint density at radius 2 is 2.00 bits per heavy atom. The van der Waals surface area contributed by atoms with E-state index in [1.165, 1.54) is 0 Å². The van der Waals surface area contributed by atoms with Crippen LogP contribution >= 0.6 is 15.9 Å². The maximum Gasteiger partial charge on any atom is 0.252 e. The molecule has 1 aromatic carbocycles. The highest BCUT2D eigenvalue weighted by molar-refractivity contribution is 9.10. The summed E-state index contributed by atoms with van der Waals surface area (Å²) in [5.74, 6) is -0.585. The summed E-state index contributed by atoms with van der Waals surface area (Å²) in [5, 5.41) is 14.6. The molecule has 1 aliphatic carbocycles. The average Bonchev–Trinajstić information content (AvgIpc) is 2.41. The Hall–Kier alpha value is -1.40. The summed E-state index contributed by atoms with van der Waals surface area (Å²) in [4.78, 5) is 23.7. The van der Waals surface area contributed by atoms with Crippen molar-refractivity contribution in [3.8, 4) is 0 Å². The molecule has 108 valence electrons. The predicted molar refractivity (Wildman–Crippen MR) is 78.3 cm³/mol. The van der Waals surface area contributed by atoms with Crippen LogP contribution in [-0.2, 0) is 4.79 Å². The van der Waals surface area contributed by atoms with Crippen LogP contribution in [0.2, 0.25) is 0 Å². The lowest BCUT2D eigenvalue weighted by molar-refractivity contribution is -0.124. The van der Waals surface area contributed by atoms with E-state index >= 15 is 0 Å². The van der Waals surface area contributed by atoms with Crippen LogP contribution in [0.5, 0.6) is 0 Å². The number of hydrogen-bond donors (Lipinski definition) is 3. The Bertz CT molecular complexity index is 509. The number of rotatable bonds is 5. The maximum atomic E-state index is 11.9. The van der Waals surface area contributed by atoms with Gasteiger partial charge in [0, 0.05) is 4.47 Å². The summed E-state index contributed by atoms with van der Waals surface area (Å²) in [6, 6.07) is 7.02. The lowest BCUT2D eigenvalue weighted by atomic mass is 9.77. The molecule has 0 atom stereocenters. The number of aliphatic hydroxyl groups is 1. The second-order valence-corrected chi connectivity index (χ2v) is 5.86. The van der Waals surface area contributed by atoms with E-state index in [0.717, 1.165) is 19.3 Å². The summed E-state index contributed by atoms with van der Waals surface area (Å²) in [6.45, 7) is -0.154. The molecule has 5 nitrogen and oxygen atoms in total. The maximum absolute atomic E-state index is 11.9. The highest BCUT2D eigenvalue weighted by atomic mass is 79.9. The molecular weight excluding hydrogens is 324 g/mol. The predicted octanol–water partition coefficient (Wildman–Crippen LogP) is 1.21. The first-order valence-electron chi connectivity index (χ1n) is 6.51. The second-order valence-electron chi connectivity index (χ2n) is 5.00. The summed E-state index contributed by atoms with van der Waals surface area (Å²) >= 11 is 3.29. The van der Waals surface area contributed by atoms with Crippen molar-refractivity contribution in [2.24, 2.45) is 0 Å². The third-order valence-corrected chi connectivity index (χ3v) is 4.24. The zero-order chi connectivity index (χ0) is 14.6. The van der Waals surface area contributed by atoms with Gasteiger partial charge in [0.15, 0.2) is 0 Å². The smallest absolute Gasteiger partial charge is 0.252 e. The Morgan fingerprint density at radius 1 is 1.30 bits per heavy atom. The molecule has 20 heavy (non-hydrogen) atoms. The van der Waals surface area contributed by atoms with Gasteiger partial charge in [0.1, 0.15) is 0 Å². The van der Waals surface area contributed by atoms with Crippen molar-refractivity contribution in [1.82, 2.24) is 10.6 Å². The van der Waals surface area contributed by atoms with Crippen LogP contribution in [0.4, 0.5) is 0 Å². The minimum absolute atomic E-state index is 0.0586. The summed E-state index contributed by atoms with van der Waals surface area (Å²) < 4.78 is 0.684. The molecule has 0 aliphatic heterocycles. The Morgan fingerprint density at radius 3 is 2.55 bits per heavy atom. The Labute approximate surface area is 125 Å². The number of hydrogen-bond acceptors (Lipinski definition) is 3. The first kappa shape index (κ1) is 15.0. The van der Waals surface area contributed by atoms with Gasteiger partial charge >= 0.3 is 0 Å². The Balaban J connectivity index is 1.84. The fourth-order valence-corrected chi connectivity index (χ4v) is 2.63. The lowest BCUT2D eigenvalue weighted by Gasteiger charge is -2.40. The Kier molecular flexibility index (Phi) is 4.77. The van der Waals surface area contributed by atoms with Gasteiger partial charge in [-0.1, -0.05) is 12.1 Å². The number of aliphatic hydroxyl groups excluding tert-OH is 1. The standard InChI is InChI=1S/C14H17BrN2O3/c15-11-5-2-1-4-10(11)13(20)16-8-12(19)17-14(9-18)6-3-7-14/h1-2,4-5,18H,3,6-9H2,(H,16,20)(H,17,19). The summed E-state index contributed by atoms with van der Waals surface area (Å²) in [6.07, 6.45) is 2.57. The van der Waals surface area contributed by atoms with E-state index in [2.05, 4.69) is 26.6 Å². The fraction of sp³-hybridized carbons (Fsp3) is 0.429. The largest absolute Gasteiger partial charge is 0.394 e. The monoisotopic (exact) mass is 340 g/mol. The third-order valence-electron chi connectivity index (χ3n) is 3.55. The molecule has 2 rings (SSSR count). The van der Waals surface area contributed by atoms with E-state index in [1.54, 1.807) is 18.2 Å². The molecule has 2 amide bonds. The van der Waals surface area contributed by atoms with Crippen LogP contribution in [0.1, 0.15) is 29.6 Å². The quantitative estimate of drug-likeness (QED) is 0.753. The van der Waals surface area contributed by atoms with Crippen LogP contribution in [0, 0.1) is 0 Å². The molecule has 0 bridgehead atoms. The van der Waals surface area contributed by atoms with Gasteiger partial charge in [0.2, 0.25) is 5.91 Å². The molecular formula is C14H17BrN2O3. The molecule has 0 spiro atoms. The molecule has 0 saturated heterocycles. The van der Waals surface area contributed by atoms with Gasteiger partial charge in [-0.2, -0.15) is 0 Å². The molecule has 1 aromatic rings. The number of amides is 2. The van der Waals surface area contributed by atoms with E-state index in [-0.39, 0.29) is 25.0 Å². The molecule has 0 radical (unpaired) electrons. The second kappa shape index (κ2) is 6.37. The molecule has 6 heteroatoms. The summed E-state index contributed by atoms with van der Waals surface area (Å²) in [7, 11) is 0. The van der Waals surface area contributed by atoms with E-state index in [1.807, 2.05) is 6.07 Å². The number of halogens is 1. The van der Waals surface area contributed by atoms with Gasteiger partial charge in [0.05, 0.1) is 24.3 Å². The minimum Gasteiger partial charge on any atom is -0.394 e. The molecule has 0 heterocycles. The SMILES string of the molecule is O=C(CNC(=O)c1ccccc1Br)NC1(CO)CCC1. The number of carbonyl (C=O) groups excluding carboxylic acids is 2.